The highest BCUT2D eigenvalue weighted by molar-refractivity contribution is 7.92. The first-order valence-electron chi connectivity index (χ1n) is 12.7. The first-order valence-corrected chi connectivity index (χ1v) is 14.6. The third kappa shape index (κ3) is 7.52. The maximum absolute atomic E-state index is 14.0. The van der Waals surface area contributed by atoms with Gasteiger partial charge in [0.05, 0.1) is 22.7 Å². The van der Waals surface area contributed by atoms with Gasteiger partial charge in [0, 0.05) is 13.1 Å². The van der Waals surface area contributed by atoms with Gasteiger partial charge in [0.25, 0.3) is 10.0 Å². The molecule has 0 saturated carbocycles. The molecule has 0 spiro atoms. The number of nitrogens with one attached hydrogen (secondary N) is 1. The van der Waals surface area contributed by atoms with Crippen LogP contribution in [0.25, 0.3) is 0 Å². The first-order chi connectivity index (χ1) is 18.7. The molecule has 1 atom stereocenters. The van der Waals surface area contributed by atoms with Crippen LogP contribution < -0.4 is 14.4 Å². The van der Waals surface area contributed by atoms with Gasteiger partial charge in [0.15, 0.2) is 0 Å². The first kappa shape index (κ1) is 30.0. The molecule has 2 amide bonds. The number of halogens is 1. The molecule has 3 rings (SSSR count). The lowest BCUT2D eigenvalue weighted by atomic mass is 10.1. The van der Waals surface area contributed by atoms with E-state index in [0.29, 0.717) is 18.7 Å². The topological polar surface area (TPSA) is 96.0 Å². The van der Waals surface area contributed by atoms with Crippen LogP contribution in [0.3, 0.4) is 0 Å². The molecule has 3 aromatic carbocycles. The van der Waals surface area contributed by atoms with Crippen LogP contribution in [0.4, 0.5) is 5.69 Å². The summed E-state index contributed by atoms with van der Waals surface area (Å²) in [7, 11) is -2.61. The van der Waals surface area contributed by atoms with Crippen LogP contribution in [0.15, 0.2) is 83.8 Å². The van der Waals surface area contributed by atoms with Crippen LogP contribution in [0, 0.1) is 0 Å². The zero-order valence-electron chi connectivity index (χ0n) is 22.3. The highest BCUT2D eigenvalue weighted by atomic mass is 35.5. The minimum absolute atomic E-state index is 0.0205. The minimum Gasteiger partial charge on any atom is -0.497 e. The number of sulfonamides is 1. The molecule has 0 aliphatic heterocycles. The average Bonchev–Trinajstić information content (AvgIpc) is 2.95. The number of benzene rings is 3. The third-order valence-electron chi connectivity index (χ3n) is 6.18. The van der Waals surface area contributed by atoms with Gasteiger partial charge in [-0.1, -0.05) is 67.9 Å². The predicted molar refractivity (Wildman–Crippen MR) is 153 cm³/mol. The normalized spacial score (nSPS) is 11.9. The van der Waals surface area contributed by atoms with E-state index in [-0.39, 0.29) is 28.1 Å². The van der Waals surface area contributed by atoms with Crippen LogP contribution in [-0.2, 0) is 26.2 Å². The van der Waals surface area contributed by atoms with Crippen molar-refractivity contribution < 1.29 is 22.7 Å². The maximum atomic E-state index is 14.0. The molecular weight excluding hydrogens is 538 g/mol. The van der Waals surface area contributed by atoms with Crippen molar-refractivity contribution in [2.45, 2.75) is 44.2 Å². The zero-order chi connectivity index (χ0) is 28.4. The van der Waals surface area contributed by atoms with Gasteiger partial charge >= 0.3 is 0 Å². The number of nitrogens with zero attached hydrogens (tertiary/aromatic N) is 2. The second-order valence-corrected chi connectivity index (χ2v) is 11.1. The van der Waals surface area contributed by atoms with Crippen molar-refractivity contribution in [2.24, 2.45) is 0 Å². The third-order valence-corrected chi connectivity index (χ3v) is 8.27. The summed E-state index contributed by atoms with van der Waals surface area (Å²) in [6.07, 6.45) is 1.08. The van der Waals surface area contributed by atoms with Crippen LogP contribution in [0.5, 0.6) is 5.75 Å². The van der Waals surface area contributed by atoms with E-state index < -0.39 is 28.5 Å². The SMILES string of the molecule is CCCNC(=O)[C@H](CC)N(Cc1ccc(OC)cc1)C(=O)CN(c1ccccc1Cl)S(=O)(=O)c1ccccc1. The van der Waals surface area contributed by atoms with Crippen molar-refractivity contribution in [3.63, 3.8) is 0 Å². The van der Waals surface area contributed by atoms with Crippen LogP contribution in [0.2, 0.25) is 5.02 Å². The number of rotatable bonds is 13. The van der Waals surface area contributed by atoms with Gasteiger partial charge in [-0.15, -0.1) is 0 Å². The van der Waals surface area contributed by atoms with Crippen molar-refractivity contribution >= 4 is 39.1 Å². The quantitative estimate of drug-likeness (QED) is 0.315. The number of carbonyl (C=O) groups is 2. The molecule has 39 heavy (non-hydrogen) atoms. The van der Waals surface area contributed by atoms with Crippen LogP contribution >= 0.6 is 11.6 Å². The lowest BCUT2D eigenvalue weighted by molar-refractivity contribution is -0.140. The average molecular weight is 572 g/mol. The number of anilines is 1. The Morgan fingerprint density at radius 3 is 2.18 bits per heavy atom. The van der Waals surface area contributed by atoms with Crippen molar-refractivity contribution in [1.82, 2.24) is 10.2 Å². The Hall–Kier alpha value is -3.56. The standard InChI is InChI=1S/C29H34ClN3O5S/c1-4-19-31-29(35)26(5-2)32(20-22-15-17-23(38-3)18-16-22)28(34)21-33(27-14-10-9-13-25(27)30)39(36,37)24-11-7-6-8-12-24/h6-18,26H,4-5,19-21H2,1-3H3,(H,31,35)/t26-/m0/s1. The fraction of sp³-hybridized carbons (Fsp3) is 0.310. The second-order valence-electron chi connectivity index (χ2n) is 8.86. The van der Waals surface area contributed by atoms with E-state index in [9.17, 15) is 18.0 Å². The number of ether oxygens (including phenoxy) is 1. The Balaban J connectivity index is 2.04. The van der Waals surface area contributed by atoms with E-state index in [1.165, 1.54) is 17.0 Å². The number of carbonyl (C=O) groups excluding carboxylic acids is 2. The van der Waals surface area contributed by atoms with Crippen molar-refractivity contribution in [3.05, 3.63) is 89.4 Å². The summed E-state index contributed by atoms with van der Waals surface area (Å²) in [4.78, 5) is 28.6. The van der Waals surface area contributed by atoms with Gasteiger partial charge in [0.2, 0.25) is 11.8 Å². The van der Waals surface area contributed by atoms with Crippen molar-refractivity contribution in [2.75, 3.05) is 24.5 Å². The van der Waals surface area contributed by atoms with Gasteiger partial charge in [-0.2, -0.15) is 0 Å². The largest absolute Gasteiger partial charge is 0.497 e. The number of para-hydroxylation sites is 1. The number of methoxy groups -OCH3 is 1. The zero-order valence-corrected chi connectivity index (χ0v) is 23.9. The number of hydrogen-bond donors (Lipinski definition) is 1. The minimum atomic E-state index is -4.17. The summed E-state index contributed by atoms with van der Waals surface area (Å²) in [6, 6.07) is 20.7. The fourth-order valence-electron chi connectivity index (χ4n) is 4.10. The van der Waals surface area contributed by atoms with Crippen LogP contribution in [0.1, 0.15) is 32.3 Å². The lowest BCUT2D eigenvalue weighted by Gasteiger charge is -2.33. The monoisotopic (exact) mass is 571 g/mol. The van der Waals surface area contributed by atoms with E-state index in [1.54, 1.807) is 61.7 Å². The van der Waals surface area contributed by atoms with Gasteiger partial charge in [0.1, 0.15) is 18.3 Å². The Morgan fingerprint density at radius 2 is 1.59 bits per heavy atom. The smallest absolute Gasteiger partial charge is 0.264 e. The lowest BCUT2D eigenvalue weighted by Crippen LogP contribution is -2.52. The van der Waals surface area contributed by atoms with Crippen molar-refractivity contribution in [3.8, 4) is 5.75 Å². The molecule has 0 radical (unpaired) electrons. The maximum Gasteiger partial charge on any atom is 0.264 e. The molecule has 10 heteroatoms. The van der Waals surface area contributed by atoms with Crippen molar-refractivity contribution in [1.29, 1.82) is 0 Å². The summed E-state index contributed by atoms with van der Waals surface area (Å²) in [5, 5.41) is 3.05. The molecule has 0 saturated heterocycles. The molecule has 0 aliphatic carbocycles. The Morgan fingerprint density at radius 1 is 0.949 bits per heavy atom. The van der Waals surface area contributed by atoms with E-state index in [2.05, 4.69) is 5.32 Å². The molecular formula is C29H34ClN3O5S. The van der Waals surface area contributed by atoms with E-state index >= 15 is 0 Å². The van der Waals surface area contributed by atoms with Gasteiger partial charge in [-0.05, 0) is 54.8 Å². The molecule has 8 nitrogen and oxygen atoms in total. The molecule has 0 unspecified atom stereocenters. The molecule has 208 valence electrons. The summed E-state index contributed by atoms with van der Waals surface area (Å²) in [6.45, 7) is 3.78. The van der Waals surface area contributed by atoms with Crippen LogP contribution in [-0.4, -0.2) is 51.4 Å². The number of amides is 2. The van der Waals surface area contributed by atoms with E-state index in [0.717, 1.165) is 16.3 Å². The summed E-state index contributed by atoms with van der Waals surface area (Å²) in [5.41, 5.74) is 0.936. The number of hydrogen-bond acceptors (Lipinski definition) is 5. The molecule has 0 bridgehead atoms. The predicted octanol–water partition coefficient (Wildman–Crippen LogP) is 4.88. The summed E-state index contributed by atoms with van der Waals surface area (Å²) >= 11 is 6.42. The van der Waals surface area contributed by atoms with Gasteiger partial charge in [-0.25, -0.2) is 8.42 Å². The highest BCUT2D eigenvalue weighted by Gasteiger charge is 2.34. The fourth-order valence-corrected chi connectivity index (χ4v) is 5.84. The summed E-state index contributed by atoms with van der Waals surface area (Å²) < 4.78 is 33.8. The van der Waals surface area contributed by atoms with E-state index in [1.807, 2.05) is 26.0 Å². The van der Waals surface area contributed by atoms with E-state index in [4.69, 9.17) is 16.3 Å². The molecule has 0 aliphatic rings. The molecule has 0 heterocycles. The second kappa shape index (κ2) is 14.0. The molecule has 0 fully saturated rings. The highest BCUT2D eigenvalue weighted by Crippen LogP contribution is 2.30. The Kier molecular flexibility index (Phi) is 10.8. The van der Waals surface area contributed by atoms with Gasteiger partial charge < -0.3 is 15.0 Å². The summed E-state index contributed by atoms with van der Waals surface area (Å²) in [5.74, 6) is -0.177. The molecule has 3 aromatic rings. The Labute approximate surface area is 235 Å². The molecule has 1 N–H and O–H groups in total. The Bertz CT molecular complexity index is 1350. The van der Waals surface area contributed by atoms with Gasteiger partial charge in [-0.3, -0.25) is 13.9 Å². The molecule has 0 aromatic heterocycles.